The van der Waals surface area contributed by atoms with Crippen molar-refractivity contribution >= 4 is 35.6 Å². The molecular weight excluding hydrogens is 332 g/mol. The van der Waals surface area contributed by atoms with Gasteiger partial charge in [-0.1, -0.05) is 0 Å². The highest BCUT2D eigenvalue weighted by molar-refractivity contribution is 8.00. The number of carbonyl (C=O) groups excluding carboxylic acids is 1. The first-order valence-corrected chi connectivity index (χ1v) is 8.09. The Morgan fingerprint density at radius 2 is 2.50 bits per heavy atom. The molecule has 1 fully saturated rings. The van der Waals surface area contributed by atoms with Gasteiger partial charge in [0.25, 0.3) is 5.91 Å². The van der Waals surface area contributed by atoms with Gasteiger partial charge < -0.3 is 9.84 Å². The third-order valence-corrected chi connectivity index (χ3v) is 5.69. The predicted molar refractivity (Wildman–Crippen MR) is 77.4 cm³/mol. The van der Waals surface area contributed by atoms with Crippen LogP contribution in [0.15, 0.2) is 17.6 Å². The quantitative estimate of drug-likeness (QED) is 0.491. The van der Waals surface area contributed by atoms with E-state index in [1.54, 1.807) is 0 Å². The Morgan fingerprint density at radius 1 is 1.73 bits per heavy atom. The maximum atomic E-state index is 12.2. The summed E-state index contributed by atoms with van der Waals surface area (Å²) >= 11 is 2.61. The minimum Gasteiger partial charge on any atom is -0.477 e. The number of carbonyl (C=O) groups is 2. The van der Waals surface area contributed by atoms with Gasteiger partial charge in [0.1, 0.15) is 11.1 Å². The number of nitrogens with zero attached hydrogens (tertiary/aromatic N) is 5. The highest BCUT2D eigenvalue weighted by atomic mass is 32.2. The number of fused-ring (bicyclic) bond motifs is 1. The van der Waals surface area contributed by atoms with Crippen LogP contribution in [0.25, 0.3) is 0 Å². The van der Waals surface area contributed by atoms with E-state index in [1.165, 1.54) is 46.1 Å². The van der Waals surface area contributed by atoms with Crippen molar-refractivity contribution in [2.75, 3.05) is 18.6 Å². The van der Waals surface area contributed by atoms with Crippen LogP contribution in [0.2, 0.25) is 0 Å². The molecule has 2 atom stereocenters. The molecule has 118 valence electrons. The fourth-order valence-electron chi connectivity index (χ4n) is 2.27. The summed E-state index contributed by atoms with van der Waals surface area (Å²) in [7, 11) is 1.34. The lowest BCUT2D eigenvalue weighted by molar-refractivity contribution is -0.182. The van der Waals surface area contributed by atoms with Gasteiger partial charge in [-0.25, -0.2) is 4.79 Å². The molecule has 10 nitrogen and oxygen atoms in total. The minimum atomic E-state index is -1.46. The second kappa shape index (κ2) is 5.53. The zero-order valence-corrected chi connectivity index (χ0v) is 13.0. The Labute approximate surface area is 133 Å². The standard InChI is InChI=1S/C10H12N6O4S2/c1-20-10(11)8(19)16-6(7(17)18)5(2-21-9(10)16)3-22-15-4-12-13-14-15/h4,9H,2-3,11H2,1H3,(H,17,18)/t9-,10?/m0/s1. The number of ether oxygens (including phenoxy) is 1. The highest BCUT2D eigenvalue weighted by Crippen LogP contribution is 2.45. The lowest BCUT2D eigenvalue weighted by Gasteiger charge is -2.54. The van der Waals surface area contributed by atoms with E-state index in [1.807, 2.05) is 0 Å². The molecule has 2 aliphatic rings. The van der Waals surface area contributed by atoms with Crippen molar-refractivity contribution in [3.63, 3.8) is 0 Å². The molecule has 3 N–H and O–H groups in total. The number of aromatic nitrogens is 4. The monoisotopic (exact) mass is 344 g/mol. The van der Waals surface area contributed by atoms with E-state index in [0.717, 1.165) is 0 Å². The second-order valence-electron chi connectivity index (χ2n) is 4.58. The third-order valence-electron chi connectivity index (χ3n) is 3.39. The van der Waals surface area contributed by atoms with Gasteiger partial charge in [-0.05, 0) is 27.9 Å². The number of thioether (sulfide) groups is 1. The highest BCUT2D eigenvalue weighted by Gasteiger charge is 2.63. The molecule has 3 heterocycles. The summed E-state index contributed by atoms with van der Waals surface area (Å²) in [5.74, 6) is -0.924. The number of hydrogen-bond donors (Lipinski definition) is 2. The Balaban J connectivity index is 1.85. The lowest BCUT2D eigenvalue weighted by Crippen LogP contribution is -2.78. The number of amides is 1. The summed E-state index contributed by atoms with van der Waals surface area (Å²) in [5, 5.41) is 19.6. The van der Waals surface area contributed by atoms with Gasteiger partial charge in [0.05, 0.1) is 0 Å². The molecule has 1 aromatic heterocycles. The number of rotatable bonds is 5. The van der Waals surface area contributed by atoms with Crippen molar-refractivity contribution < 1.29 is 19.4 Å². The van der Waals surface area contributed by atoms with Crippen molar-refractivity contribution in [3.8, 4) is 0 Å². The maximum Gasteiger partial charge on any atom is 0.352 e. The molecule has 22 heavy (non-hydrogen) atoms. The van der Waals surface area contributed by atoms with Crippen LogP contribution in [-0.4, -0.2) is 71.2 Å². The van der Waals surface area contributed by atoms with Gasteiger partial charge in [-0.15, -0.1) is 16.9 Å². The minimum absolute atomic E-state index is 0.0348. The van der Waals surface area contributed by atoms with E-state index < -0.39 is 23.0 Å². The Bertz CT molecular complexity index is 650. The van der Waals surface area contributed by atoms with Gasteiger partial charge in [0.15, 0.2) is 6.33 Å². The second-order valence-corrected chi connectivity index (χ2v) is 6.57. The van der Waals surface area contributed by atoms with Crippen LogP contribution in [0.5, 0.6) is 0 Å². The molecule has 1 unspecified atom stereocenters. The molecule has 0 saturated carbocycles. The third kappa shape index (κ3) is 2.18. The van der Waals surface area contributed by atoms with Crippen LogP contribution in [-0.2, 0) is 14.3 Å². The van der Waals surface area contributed by atoms with Crippen LogP contribution in [0.3, 0.4) is 0 Å². The summed E-state index contributed by atoms with van der Waals surface area (Å²) in [5.41, 5.74) is 4.99. The molecule has 0 radical (unpaired) electrons. The lowest BCUT2D eigenvalue weighted by atomic mass is 10.00. The van der Waals surface area contributed by atoms with E-state index in [2.05, 4.69) is 15.5 Å². The van der Waals surface area contributed by atoms with E-state index in [0.29, 0.717) is 17.1 Å². The summed E-state index contributed by atoms with van der Waals surface area (Å²) < 4.78 is 6.47. The van der Waals surface area contributed by atoms with Crippen molar-refractivity contribution in [3.05, 3.63) is 17.6 Å². The molecular formula is C10H12N6O4S2. The van der Waals surface area contributed by atoms with Crippen LogP contribution in [0.4, 0.5) is 0 Å². The fourth-order valence-corrected chi connectivity index (χ4v) is 4.51. The van der Waals surface area contributed by atoms with Crippen molar-refractivity contribution in [1.82, 2.24) is 24.5 Å². The largest absolute Gasteiger partial charge is 0.477 e. The topological polar surface area (TPSA) is 136 Å². The molecule has 3 rings (SSSR count). The molecule has 0 spiro atoms. The van der Waals surface area contributed by atoms with Crippen molar-refractivity contribution in [1.29, 1.82) is 0 Å². The van der Waals surface area contributed by atoms with Crippen molar-refractivity contribution in [2.24, 2.45) is 5.73 Å². The van der Waals surface area contributed by atoms with E-state index in [4.69, 9.17) is 10.5 Å². The molecule has 0 bridgehead atoms. The van der Waals surface area contributed by atoms with Crippen LogP contribution in [0.1, 0.15) is 0 Å². The van der Waals surface area contributed by atoms with Crippen LogP contribution < -0.4 is 5.73 Å². The molecule has 1 amide bonds. The zero-order chi connectivity index (χ0) is 15.9. The molecule has 12 heteroatoms. The Morgan fingerprint density at radius 3 is 3.09 bits per heavy atom. The smallest absolute Gasteiger partial charge is 0.352 e. The normalized spacial score (nSPS) is 27.6. The molecule has 1 saturated heterocycles. The molecule has 0 aromatic carbocycles. The number of β-lactam (4-membered cyclic amide) rings is 1. The van der Waals surface area contributed by atoms with Crippen molar-refractivity contribution in [2.45, 2.75) is 11.1 Å². The number of tetrazole rings is 1. The Kier molecular flexibility index (Phi) is 3.84. The summed E-state index contributed by atoms with van der Waals surface area (Å²) in [6.45, 7) is 0. The van der Waals surface area contributed by atoms with E-state index in [9.17, 15) is 14.7 Å². The van der Waals surface area contributed by atoms with Gasteiger partial charge in [-0.3, -0.25) is 15.4 Å². The van der Waals surface area contributed by atoms with Gasteiger partial charge in [0.2, 0.25) is 5.72 Å². The number of hydrogen-bond acceptors (Lipinski definition) is 9. The number of nitrogens with two attached hydrogens (primary N) is 1. The van der Waals surface area contributed by atoms with E-state index in [-0.39, 0.29) is 5.70 Å². The number of carboxylic acids is 1. The first kappa shape index (κ1) is 15.3. The van der Waals surface area contributed by atoms with Crippen LogP contribution in [0, 0.1) is 0 Å². The average Bonchev–Trinajstić information content (AvgIpc) is 3.03. The zero-order valence-electron chi connectivity index (χ0n) is 11.4. The molecule has 2 aliphatic heterocycles. The van der Waals surface area contributed by atoms with Gasteiger partial charge in [0, 0.05) is 18.6 Å². The van der Waals surface area contributed by atoms with E-state index >= 15 is 0 Å². The number of aliphatic carboxylic acids is 1. The SMILES string of the molecule is COC1(N)C(=O)N2C(C(=O)O)=C(CSn3cnnn3)CS[C@H]21. The first-order chi connectivity index (χ1) is 10.5. The summed E-state index contributed by atoms with van der Waals surface area (Å²) in [6, 6.07) is 0. The first-order valence-electron chi connectivity index (χ1n) is 6.10. The van der Waals surface area contributed by atoms with Gasteiger partial charge in [-0.2, -0.15) is 4.09 Å². The maximum absolute atomic E-state index is 12.2. The summed E-state index contributed by atoms with van der Waals surface area (Å²) in [4.78, 5) is 24.9. The molecule has 0 aliphatic carbocycles. The fraction of sp³-hybridized carbons (Fsp3) is 0.500. The summed E-state index contributed by atoms with van der Waals surface area (Å²) in [6.07, 6.45) is 1.41. The number of carboxylic acid groups (broad SMARTS) is 1. The van der Waals surface area contributed by atoms with Gasteiger partial charge >= 0.3 is 5.97 Å². The molecule has 1 aromatic rings. The average molecular weight is 344 g/mol. The number of methoxy groups -OCH3 is 1. The Hall–Kier alpha value is -1.63. The van der Waals surface area contributed by atoms with Crippen LogP contribution >= 0.6 is 23.7 Å². The predicted octanol–water partition coefficient (Wildman–Crippen LogP) is -1.28.